The van der Waals surface area contributed by atoms with Crippen molar-refractivity contribution in [1.29, 1.82) is 0 Å². The topological polar surface area (TPSA) is 72.5 Å². The zero-order chi connectivity index (χ0) is 15.6. The zero-order valence-electron chi connectivity index (χ0n) is 12.5. The molecule has 2 aliphatic heterocycles. The Balaban J connectivity index is 1.47. The van der Waals surface area contributed by atoms with Crippen molar-refractivity contribution in [2.75, 3.05) is 32.8 Å². The van der Waals surface area contributed by atoms with Crippen molar-refractivity contribution in [3.63, 3.8) is 0 Å². The summed E-state index contributed by atoms with van der Waals surface area (Å²) < 4.78 is 11.1. The minimum Gasteiger partial charge on any atom is -0.486 e. The van der Waals surface area contributed by atoms with Gasteiger partial charge in [0.1, 0.15) is 23.9 Å². The highest BCUT2D eigenvalue weighted by Gasteiger charge is 2.19. The Morgan fingerprint density at radius 3 is 2.91 bits per heavy atom. The highest BCUT2D eigenvalue weighted by Crippen LogP contribution is 2.35. The second-order valence-electron chi connectivity index (χ2n) is 5.63. The van der Waals surface area contributed by atoms with Gasteiger partial charge >= 0.3 is 0 Å². The fourth-order valence-corrected chi connectivity index (χ4v) is 3.30. The number of carbonyl (C=O) groups is 1. The highest BCUT2D eigenvalue weighted by atomic mass is 32.1. The van der Waals surface area contributed by atoms with Crippen LogP contribution in [0.15, 0.2) is 23.6 Å². The molecule has 120 valence electrons. The van der Waals surface area contributed by atoms with Gasteiger partial charge < -0.3 is 20.1 Å². The number of amides is 1. The number of fused-ring (bicyclic) bond motifs is 1. The maximum atomic E-state index is 12.1. The van der Waals surface area contributed by atoms with Gasteiger partial charge in [-0.05, 0) is 18.2 Å². The molecule has 0 aliphatic carbocycles. The van der Waals surface area contributed by atoms with E-state index in [-0.39, 0.29) is 5.91 Å². The maximum Gasteiger partial charge on any atom is 0.270 e. The maximum absolute atomic E-state index is 12.1. The summed E-state index contributed by atoms with van der Waals surface area (Å²) in [5, 5.41) is 8.72. The van der Waals surface area contributed by atoms with Crippen LogP contribution in [0.5, 0.6) is 11.5 Å². The zero-order valence-corrected chi connectivity index (χ0v) is 13.3. The molecule has 6 nitrogen and oxygen atoms in total. The van der Waals surface area contributed by atoms with Crippen LogP contribution in [0, 0.1) is 5.92 Å². The molecule has 0 bridgehead atoms. The Morgan fingerprint density at radius 2 is 2.13 bits per heavy atom. The lowest BCUT2D eigenvalue weighted by molar-refractivity contribution is 0.0938. The number of thiazole rings is 1. The normalized spacial score (nSPS) is 16.7. The van der Waals surface area contributed by atoms with Crippen molar-refractivity contribution in [3.05, 3.63) is 29.3 Å². The monoisotopic (exact) mass is 331 g/mol. The van der Waals surface area contributed by atoms with Gasteiger partial charge in [-0.3, -0.25) is 4.79 Å². The highest BCUT2D eigenvalue weighted by molar-refractivity contribution is 7.13. The fraction of sp³-hybridized carbons (Fsp3) is 0.375. The van der Waals surface area contributed by atoms with Gasteiger partial charge in [0.15, 0.2) is 11.5 Å². The van der Waals surface area contributed by atoms with E-state index in [1.165, 1.54) is 11.3 Å². The van der Waals surface area contributed by atoms with Gasteiger partial charge in [0, 0.05) is 36.5 Å². The van der Waals surface area contributed by atoms with E-state index in [1.54, 1.807) is 5.38 Å². The van der Waals surface area contributed by atoms with Crippen LogP contribution in [-0.2, 0) is 0 Å². The van der Waals surface area contributed by atoms with E-state index >= 15 is 0 Å². The summed E-state index contributed by atoms with van der Waals surface area (Å²) in [6.07, 6.45) is 0. The molecule has 0 unspecified atom stereocenters. The summed E-state index contributed by atoms with van der Waals surface area (Å²) in [6.45, 7) is 3.77. The first-order valence-electron chi connectivity index (χ1n) is 7.64. The Labute approximate surface area is 137 Å². The van der Waals surface area contributed by atoms with Gasteiger partial charge in [-0.2, -0.15) is 0 Å². The standard InChI is InChI=1S/C16H17N3O3S/c20-15(18-8-10-6-17-7-10)12-9-23-16(19-12)11-1-2-13-14(5-11)22-4-3-21-13/h1-2,5,9-10,17H,3-4,6-8H2,(H,18,20). The van der Waals surface area contributed by atoms with Crippen molar-refractivity contribution < 1.29 is 14.3 Å². The van der Waals surface area contributed by atoms with Crippen molar-refractivity contribution in [2.24, 2.45) is 5.92 Å². The van der Waals surface area contributed by atoms with Crippen LogP contribution >= 0.6 is 11.3 Å². The average molecular weight is 331 g/mol. The molecular formula is C16H17N3O3S. The number of nitrogens with one attached hydrogen (secondary N) is 2. The quantitative estimate of drug-likeness (QED) is 0.889. The van der Waals surface area contributed by atoms with E-state index in [2.05, 4.69) is 15.6 Å². The summed E-state index contributed by atoms with van der Waals surface area (Å²) in [5.74, 6) is 1.91. The van der Waals surface area contributed by atoms with Crippen molar-refractivity contribution in [2.45, 2.75) is 0 Å². The number of nitrogens with zero attached hydrogens (tertiary/aromatic N) is 1. The van der Waals surface area contributed by atoms with E-state index < -0.39 is 0 Å². The molecule has 2 aromatic rings. The molecule has 23 heavy (non-hydrogen) atoms. The van der Waals surface area contributed by atoms with E-state index in [0.29, 0.717) is 31.4 Å². The SMILES string of the molecule is O=C(NCC1CNC1)c1csc(-c2ccc3c(c2)OCCO3)n1. The molecular weight excluding hydrogens is 314 g/mol. The number of hydrogen-bond acceptors (Lipinski definition) is 6. The molecule has 0 saturated carbocycles. The van der Waals surface area contributed by atoms with Crippen molar-refractivity contribution >= 4 is 17.2 Å². The Hall–Kier alpha value is -2.12. The largest absolute Gasteiger partial charge is 0.486 e. The van der Waals surface area contributed by atoms with Gasteiger partial charge in [0.05, 0.1) is 0 Å². The van der Waals surface area contributed by atoms with Crippen LogP contribution in [0.1, 0.15) is 10.5 Å². The van der Waals surface area contributed by atoms with E-state index in [0.717, 1.165) is 35.2 Å². The van der Waals surface area contributed by atoms with Gasteiger partial charge in [-0.15, -0.1) is 11.3 Å². The molecule has 3 heterocycles. The molecule has 1 fully saturated rings. The smallest absolute Gasteiger partial charge is 0.270 e. The number of aromatic nitrogens is 1. The van der Waals surface area contributed by atoms with Gasteiger partial charge in [-0.1, -0.05) is 0 Å². The molecule has 1 aromatic carbocycles. The molecule has 2 aliphatic rings. The molecule has 0 atom stereocenters. The number of ether oxygens (including phenoxy) is 2. The summed E-state index contributed by atoms with van der Waals surface area (Å²) >= 11 is 1.45. The number of rotatable bonds is 4. The van der Waals surface area contributed by atoms with Crippen molar-refractivity contribution in [3.8, 4) is 22.1 Å². The van der Waals surface area contributed by atoms with Crippen LogP contribution in [0.2, 0.25) is 0 Å². The molecule has 1 amide bonds. The van der Waals surface area contributed by atoms with E-state index in [9.17, 15) is 4.79 Å². The Bertz CT molecular complexity index is 727. The first-order chi connectivity index (χ1) is 11.3. The molecule has 0 radical (unpaired) electrons. The lowest BCUT2D eigenvalue weighted by Crippen LogP contribution is -2.48. The summed E-state index contributed by atoms with van der Waals surface area (Å²) in [5.41, 5.74) is 1.40. The summed E-state index contributed by atoms with van der Waals surface area (Å²) in [4.78, 5) is 16.6. The van der Waals surface area contributed by atoms with Crippen LogP contribution in [0.25, 0.3) is 10.6 Å². The molecule has 1 saturated heterocycles. The number of hydrogen-bond donors (Lipinski definition) is 2. The second kappa shape index (κ2) is 6.17. The third kappa shape index (κ3) is 3.02. The fourth-order valence-electron chi connectivity index (χ4n) is 2.51. The van der Waals surface area contributed by atoms with E-state index in [1.807, 2.05) is 18.2 Å². The van der Waals surface area contributed by atoms with Gasteiger partial charge in [0.2, 0.25) is 0 Å². The summed E-state index contributed by atoms with van der Waals surface area (Å²) in [6, 6.07) is 5.73. The van der Waals surface area contributed by atoms with Crippen LogP contribution in [-0.4, -0.2) is 43.7 Å². The lowest BCUT2D eigenvalue weighted by Gasteiger charge is -2.26. The molecule has 2 N–H and O–H groups in total. The molecule has 7 heteroatoms. The Kier molecular flexibility index (Phi) is 3.88. The van der Waals surface area contributed by atoms with Crippen LogP contribution < -0.4 is 20.1 Å². The predicted molar refractivity (Wildman–Crippen MR) is 87.2 cm³/mol. The average Bonchev–Trinajstić information content (AvgIpc) is 3.03. The van der Waals surface area contributed by atoms with Crippen molar-refractivity contribution in [1.82, 2.24) is 15.6 Å². The number of benzene rings is 1. The first-order valence-corrected chi connectivity index (χ1v) is 8.52. The molecule has 0 spiro atoms. The molecule has 1 aromatic heterocycles. The Morgan fingerprint density at radius 1 is 1.30 bits per heavy atom. The number of carbonyl (C=O) groups excluding carboxylic acids is 1. The molecule has 4 rings (SSSR count). The van der Waals surface area contributed by atoms with Gasteiger partial charge in [-0.25, -0.2) is 4.98 Å². The van der Waals surface area contributed by atoms with Gasteiger partial charge in [0.25, 0.3) is 5.91 Å². The lowest BCUT2D eigenvalue weighted by atomic mass is 10.0. The third-order valence-electron chi connectivity index (χ3n) is 3.94. The minimum atomic E-state index is -0.114. The first kappa shape index (κ1) is 14.5. The second-order valence-corrected chi connectivity index (χ2v) is 6.49. The summed E-state index contributed by atoms with van der Waals surface area (Å²) in [7, 11) is 0. The predicted octanol–water partition coefficient (Wildman–Crippen LogP) is 1.53. The van der Waals surface area contributed by atoms with Crippen LogP contribution in [0.3, 0.4) is 0 Å². The van der Waals surface area contributed by atoms with E-state index in [4.69, 9.17) is 9.47 Å². The minimum absolute atomic E-state index is 0.114. The van der Waals surface area contributed by atoms with Crippen LogP contribution in [0.4, 0.5) is 0 Å². The third-order valence-corrected chi connectivity index (χ3v) is 4.83.